The van der Waals surface area contributed by atoms with Crippen molar-refractivity contribution in [1.82, 2.24) is 4.57 Å². The standard InChI is InChI=1S/C14H12N2O2/c1-16-11(9-15)7-8-12(16)14(18)13(17)10-5-3-2-4-6-10/h2-8,13,17H,1H3. The van der Waals surface area contributed by atoms with Gasteiger partial charge in [-0.3, -0.25) is 4.79 Å². The fraction of sp³-hybridized carbons (Fsp3) is 0.143. The predicted octanol–water partition coefficient (Wildman–Crippen LogP) is 1.81. The molecule has 1 aromatic heterocycles. The summed E-state index contributed by atoms with van der Waals surface area (Å²) in [7, 11) is 1.63. The number of aliphatic hydroxyl groups excluding tert-OH is 1. The van der Waals surface area contributed by atoms with Crippen LogP contribution in [0, 0.1) is 11.3 Å². The predicted molar refractivity (Wildman–Crippen MR) is 65.9 cm³/mol. The second kappa shape index (κ2) is 4.86. The quantitative estimate of drug-likeness (QED) is 0.832. The average Bonchev–Trinajstić information content (AvgIpc) is 2.79. The maximum atomic E-state index is 12.1. The van der Waals surface area contributed by atoms with Crippen LogP contribution in [0.5, 0.6) is 0 Å². The van der Waals surface area contributed by atoms with E-state index in [1.165, 1.54) is 4.57 Å². The van der Waals surface area contributed by atoms with Crippen LogP contribution in [0.3, 0.4) is 0 Å². The van der Waals surface area contributed by atoms with Gasteiger partial charge in [0, 0.05) is 7.05 Å². The number of aliphatic hydroxyl groups is 1. The van der Waals surface area contributed by atoms with Crippen LogP contribution in [-0.4, -0.2) is 15.5 Å². The van der Waals surface area contributed by atoms with Gasteiger partial charge in [-0.1, -0.05) is 30.3 Å². The lowest BCUT2D eigenvalue weighted by Crippen LogP contribution is -2.16. The van der Waals surface area contributed by atoms with Crippen LogP contribution in [0.4, 0.5) is 0 Å². The summed E-state index contributed by atoms with van der Waals surface area (Å²) in [5.41, 5.74) is 1.25. The zero-order chi connectivity index (χ0) is 13.1. The molecule has 0 saturated heterocycles. The zero-order valence-electron chi connectivity index (χ0n) is 9.87. The van der Waals surface area contributed by atoms with E-state index < -0.39 is 11.9 Å². The third-order valence-corrected chi connectivity index (χ3v) is 2.85. The number of hydrogen-bond donors (Lipinski definition) is 1. The van der Waals surface area contributed by atoms with Crippen molar-refractivity contribution in [2.45, 2.75) is 6.10 Å². The Morgan fingerprint density at radius 1 is 1.28 bits per heavy atom. The van der Waals surface area contributed by atoms with Gasteiger partial charge in [-0.05, 0) is 17.7 Å². The van der Waals surface area contributed by atoms with Crippen molar-refractivity contribution in [3.8, 4) is 6.07 Å². The largest absolute Gasteiger partial charge is 0.380 e. The number of benzene rings is 1. The number of aromatic nitrogens is 1. The van der Waals surface area contributed by atoms with E-state index in [0.29, 0.717) is 17.0 Å². The molecule has 90 valence electrons. The number of nitrogens with zero attached hydrogens (tertiary/aromatic N) is 2. The molecule has 0 spiro atoms. The summed E-state index contributed by atoms with van der Waals surface area (Å²) in [4.78, 5) is 12.1. The molecule has 2 rings (SSSR count). The average molecular weight is 240 g/mol. The molecular weight excluding hydrogens is 228 g/mol. The minimum Gasteiger partial charge on any atom is -0.380 e. The van der Waals surface area contributed by atoms with Crippen molar-refractivity contribution in [2.24, 2.45) is 7.05 Å². The highest BCUT2D eigenvalue weighted by Crippen LogP contribution is 2.19. The summed E-state index contributed by atoms with van der Waals surface area (Å²) in [5, 5.41) is 18.8. The smallest absolute Gasteiger partial charge is 0.212 e. The molecule has 0 fully saturated rings. The van der Waals surface area contributed by atoms with E-state index in [2.05, 4.69) is 0 Å². The van der Waals surface area contributed by atoms with Gasteiger partial charge in [0.05, 0.1) is 5.69 Å². The first-order chi connectivity index (χ1) is 8.65. The lowest BCUT2D eigenvalue weighted by molar-refractivity contribution is 0.0738. The molecule has 0 saturated carbocycles. The van der Waals surface area contributed by atoms with E-state index in [-0.39, 0.29) is 0 Å². The first-order valence-electron chi connectivity index (χ1n) is 5.48. The van der Waals surface area contributed by atoms with Gasteiger partial charge in [0.15, 0.2) is 0 Å². The molecule has 0 aliphatic heterocycles. The fourth-order valence-corrected chi connectivity index (χ4v) is 1.80. The topological polar surface area (TPSA) is 66.0 Å². The molecular formula is C14H12N2O2. The van der Waals surface area contributed by atoms with Crippen LogP contribution >= 0.6 is 0 Å². The monoisotopic (exact) mass is 240 g/mol. The van der Waals surface area contributed by atoms with Gasteiger partial charge < -0.3 is 9.67 Å². The lowest BCUT2D eigenvalue weighted by atomic mass is 10.0. The first kappa shape index (κ1) is 12.1. The Morgan fingerprint density at radius 3 is 2.50 bits per heavy atom. The Kier molecular flexibility index (Phi) is 3.26. The van der Waals surface area contributed by atoms with Gasteiger partial charge in [-0.15, -0.1) is 0 Å². The molecule has 1 unspecified atom stereocenters. The zero-order valence-corrected chi connectivity index (χ0v) is 9.87. The summed E-state index contributed by atoms with van der Waals surface area (Å²) in [6.07, 6.45) is -1.20. The summed E-state index contributed by atoms with van der Waals surface area (Å²) in [6, 6.07) is 13.8. The highest BCUT2D eigenvalue weighted by atomic mass is 16.3. The molecule has 4 nitrogen and oxygen atoms in total. The number of Topliss-reactive ketones (excluding diaryl/α,β-unsaturated/α-hetero) is 1. The van der Waals surface area contributed by atoms with Gasteiger partial charge in [0.1, 0.15) is 17.9 Å². The third-order valence-electron chi connectivity index (χ3n) is 2.85. The van der Waals surface area contributed by atoms with Crippen LogP contribution in [0.15, 0.2) is 42.5 Å². The van der Waals surface area contributed by atoms with Crippen LogP contribution in [0.25, 0.3) is 0 Å². The second-order valence-corrected chi connectivity index (χ2v) is 3.95. The van der Waals surface area contributed by atoms with E-state index in [9.17, 15) is 9.90 Å². The van der Waals surface area contributed by atoms with Crippen molar-refractivity contribution in [3.05, 3.63) is 59.4 Å². The van der Waals surface area contributed by atoms with Crippen LogP contribution in [0.1, 0.15) is 27.8 Å². The minimum absolute atomic E-state index is 0.322. The fourth-order valence-electron chi connectivity index (χ4n) is 1.80. The molecule has 1 atom stereocenters. The summed E-state index contributed by atoms with van der Waals surface area (Å²) in [6.45, 7) is 0. The SMILES string of the molecule is Cn1c(C#N)ccc1C(=O)C(O)c1ccccc1. The summed E-state index contributed by atoms with van der Waals surface area (Å²) >= 11 is 0. The molecule has 1 N–H and O–H groups in total. The molecule has 1 aromatic carbocycles. The van der Waals surface area contributed by atoms with Crippen LogP contribution in [-0.2, 0) is 7.05 Å². The van der Waals surface area contributed by atoms with E-state index in [0.717, 1.165) is 0 Å². The molecule has 0 radical (unpaired) electrons. The molecule has 4 heteroatoms. The van der Waals surface area contributed by atoms with Gasteiger partial charge >= 0.3 is 0 Å². The Morgan fingerprint density at radius 2 is 1.94 bits per heavy atom. The minimum atomic E-state index is -1.20. The van der Waals surface area contributed by atoms with E-state index >= 15 is 0 Å². The number of carbonyl (C=O) groups is 1. The summed E-state index contributed by atoms with van der Waals surface area (Å²) < 4.78 is 1.48. The summed E-state index contributed by atoms with van der Waals surface area (Å²) in [5.74, 6) is -0.412. The van der Waals surface area contributed by atoms with E-state index in [1.54, 1.807) is 43.4 Å². The molecule has 0 amide bonds. The van der Waals surface area contributed by atoms with E-state index in [1.807, 2.05) is 12.1 Å². The Balaban J connectivity index is 2.32. The molecule has 0 aliphatic rings. The molecule has 2 aromatic rings. The van der Waals surface area contributed by atoms with Crippen molar-refractivity contribution < 1.29 is 9.90 Å². The van der Waals surface area contributed by atoms with E-state index in [4.69, 9.17) is 5.26 Å². The van der Waals surface area contributed by atoms with Gasteiger partial charge in [0.25, 0.3) is 0 Å². The van der Waals surface area contributed by atoms with Gasteiger partial charge in [-0.2, -0.15) is 5.26 Å². The van der Waals surface area contributed by atoms with Crippen molar-refractivity contribution in [1.29, 1.82) is 5.26 Å². The Labute approximate surface area is 105 Å². The highest BCUT2D eigenvalue weighted by molar-refractivity contribution is 5.98. The van der Waals surface area contributed by atoms with Gasteiger partial charge in [-0.25, -0.2) is 0 Å². The number of nitriles is 1. The first-order valence-corrected chi connectivity index (χ1v) is 5.48. The van der Waals surface area contributed by atoms with Crippen LogP contribution in [0.2, 0.25) is 0 Å². The number of carbonyl (C=O) groups excluding carboxylic acids is 1. The van der Waals surface area contributed by atoms with Crippen LogP contribution < -0.4 is 0 Å². The van der Waals surface area contributed by atoms with Crippen molar-refractivity contribution in [2.75, 3.05) is 0 Å². The number of rotatable bonds is 3. The molecule has 0 bridgehead atoms. The molecule has 18 heavy (non-hydrogen) atoms. The normalized spacial score (nSPS) is 11.8. The number of ketones is 1. The highest BCUT2D eigenvalue weighted by Gasteiger charge is 2.22. The maximum absolute atomic E-state index is 12.1. The van der Waals surface area contributed by atoms with Crippen molar-refractivity contribution in [3.63, 3.8) is 0 Å². The van der Waals surface area contributed by atoms with Crippen molar-refractivity contribution >= 4 is 5.78 Å². The molecule has 0 aliphatic carbocycles. The lowest BCUT2D eigenvalue weighted by Gasteiger charge is -2.10. The number of hydrogen-bond acceptors (Lipinski definition) is 3. The molecule has 1 heterocycles. The Bertz CT molecular complexity index is 608. The maximum Gasteiger partial charge on any atom is 0.212 e. The third kappa shape index (κ3) is 2.04. The Hall–Kier alpha value is -2.38. The van der Waals surface area contributed by atoms with Gasteiger partial charge in [0.2, 0.25) is 5.78 Å². The second-order valence-electron chi connectivity index (χ2n) is 3.95.